The predicted molar refractivity (Wildman–Crippen MR) is 79.7 cm³/mol. The first-order valence-electron chi connectivity index (χ1n) is 7.18. The number of benzene rings is 1. The summed E-state index contributed by atoms with van der Waals surface area (Å²) in [4.78, 5) is 4.58. The molecule has 106 valence electrons. The lowest BCUT2D eigenvalue weighted by molar-refractivity contribution is 0.242. The van der Waals surface area contributed by atoms with Crippen molar-refractivity contribution < 1.29 is 4.74 Å². The second kappa shape index (κ2) is 6.42. The van der Waals surface area contributed by atoms with Crippen molar-refractivity contribution in [1.82, 2.24) is 9.55 Å². The maximum atomic E-state index is 8.94. The molecule has 0 fully saturated rings. The molecule has 0 saturated heterocycles. The Bertz CT molecular complexity index is 622. The molecule has 0 aliphatic rings. The molecule has 2 rings (SSSR count). The molecule has 20 heavy (non-hydrogen) atoms. The van der Waals surface area contributed by atoms with E-state index in [4.69, 9.17) is 10.00 Å². The fraction of sp³-hybridized carbons (Fsp3) is 0.500. The molecular formula is C16H21N3O. The monoisotopic (exact) mass is 271 g/mol. The highest BCUT2D eigenvalue weighted by atomic mass is 16.5. The summed E-state index contributed by atoms with van der Waals surface area (Å²) in [7, 11) is 0. The average molecular weight is 271 g/mol. The minimum atomic E-state index is 0.146. The number of aromatic nitrogens is 2. The van der Waals surface area contributed by atoms with Crippen molar-refractivity contribution in [3.8, 4) is 11.8 Å². The summed E-state index contributed by atoms with van der Waals surface area (Å²) in [6.45, 7) is 7.09. The van der Waals surface area contributed by atoms with E-state index in [0.29, 0.717) is 6.42 Å². The number of nitriles is 1. The lowest BCUT2D eigenvalue weighted by Gasteiger charge is -2.10. The first kappa shape index (κ1) is 14.4. The molecule has 0 aliphatic heterocycles. The van der Waals surface area contributed by atoms with Crippen molar-refractivity contribution >= 4 is 11.0 Å². The molecule has 0 N–H and O–H groups in total. The van der Waals surface area contributed by atoms with Crippen molar-refractivity contribution in [2.24, 2.45) is 0 Å². The van der Waals surface area contributed by atoms with Gasteiger partial charge in [0.2, 0.25) is 0 Å². The van der Waals surface area contributed by atoms with E-state index in [0.717, 1.165) is 42.0 Å². The lowest BCUT2D eigenvalue weighted by atomic mass is 10.2. The van der Waals surface area contributed by atoms with Crippen molar-refractivity contribution in [1.29, 1.82) is 5.26 Å². The van der Waals surface area contributed by atoms with E-state index in [-0.39, 0.29) is 6.10 Å². The minimum Gasteiger partial charge on any atom is -0.491 e. The Morgan fingerprint density at radius 3 is 2.85 bits per heavy atom. The molecule has 1 heterocycles. The molecular weight excluding hydrogens is 250 g/mol. The van der Waals surface area contributed by atoms with Gasteiger partial charge in [-0.1, -0.05) is 13.3 Å². The highest BCUT2D eigenvalue weighted by Gasteiger charge is 2.11. The van der Waals surface area contributed by atoms with E-state index in [1.807, 2.05) is 32.0 Å². The van der Waals surface area contributed by atoms with Gasteiger partial charge in [0, 0.05) is 12.6 Å². The van der Waals surface area contributed by atoms with Gasteiger partial charge in [-0.05, 0) is 32.4 Å². The second-order valence-electron chi connectivity index (χ2n) is 5.19. The molecule has 0 amide bonds. The van der Waals surface area contributed by atoms with Crippen LogP contribution in [0.4, 0.5) is 0 Å². The largest absolute Gasteiger partial charge is 0.491 e. The van der Waals surface area contributed by atoms with Gasteiger partial charge in [-0.2, -0.15) is 5.26 Å². The van der Waals surface area contributed by atoms with E-state index < -0.39 is 0 Å². The second-order valence-corrected chi connectivity index (χ2v) is 5.19. The van der Waals surface area contributed by atoms with Gasteiger partial charge in [-0.15, -0.1) is 0 Å². The van der Waals surface area contributed by atoms with E-state index in [2.05, 4.69) is 22.5 Å². The summed E-state index contributed by atoms with van der Waals surface area (Å²) < 4.78 is 7.85. The first-order chi connectivity index (χ1) is 9.65. The molecule has 0 bridgehead atoms. The maximum Gasteiger partial charge on any atom is 0.124 e. The molecule has 1 aromatic heterocycles. The fourth-order valence-electron chi connectivity index (χ4n) is 2.28. The van der Waals surface area contributed by atoms with Gasteiger partial charge in [-0.25, -0.2) is 4.98 Å². The van der Waals surface area contributed by atoms with Crippen LogP contribution in [0.3, 0.4) is 0 Å². The van der Waals surface area contributed by atoms with Crippen LogP contribution in [0.2, 0.25) is 0 Å². The van der Waals surface area contributed by atoms with Crippen LogP contribution < -0.4 is 4.74 Å². The van der Waals surface area contributed by atoms with Gasteiger partial charge in [0.15, 0.2) is 0 Å². The summed E-state index contributed by atoms with van der Waals surface area (Å²) in [5, 5.41) is 8.94. The van der Waals surface area contributed by atoms with Crippen LogP contribution in [-0.2, 0) is 13.0 Å². The van der Waals surface area contributed by atoms with Crippen LogP contribution in [-0.4, -0.2) is 15.7 Å². The summed E-state index contributed by atoms with van der Waals surface area (Å²) in [6.07, 6.45) is 2.71. The first-order valence-corrected chi connectivity index (χ1v) is 7.18. The average Bonchev–Trinajstić information content (AvgIpc) is 2.73. The third kappa shape index (κ3) is 3.11. The van der Waals surface area contributed by atoms with Crippen LogP contribution in [0.1, 0.15) is 39.4 Å². The summed E-state index contributed by atoms with van der Waals surface area (Å²) in [5.41, 5.74) is 1.99. The summed E-state index contributed by atoms with van der Waals surface area (Å²) in [6, 6.07) is 8.16. The Hall–Kier alpha value is -2.02. The smallest absolute Gasteiger partial charge is 0.124 e. The van der Waals surface area contributed by atoms with Crippen molar-refractivity contribution in [2.45, 2.75) is 52.7 Å². The van der Waals surface area contributed by atoms with Crippen LogP contribution in [0.15, 0.2) is 18.2 Å². The Morgan fingerprint density at radius 2 is 2.20 bits per heavy atom. The number of unbranched alkanes of at least 4 members (excludes halogenated alkanes) is 1. The van der Waals surface area contributed by atoms with E-state index in [9.17, 15) is 0 Å². The van der Waals surface area contributed by atoms with Crippen molar-refractivity contribution in [2.75, 3.05) is 0 Å². The molecule has 0 spiro atoms. The Morgan fingerprint density at radius 1 is 1.40 bits per heavy atom. The highest BCUT2D eigenvalue weighted by molar-refractivity contribution is 5.78. The van der Waals surface area contributed by atoms with E-state index in [1.165, 1.54) is 0 Å². The topological polar surface area (TPSA) is 50.8 Å². The molecule has 4 heteroatoms. The van der Waals surface area contributed by atoms with Crippen LogP contribution in [0.5, 0.6) is 5.75 Å². The molecule has 0 unspecified atom stereocenters. The number of aryl methyl sites for hydroxylation is 1. The third-order valence-electron chi connectivity index (χ3n) is 3.14. The quantitative estimate of drug-likeness (QED) is 0.805. The van der Waals surface area contributed by atoms with Gasteiger partial charge in [0.25, 0.3) is 0 Å². The number of ether oxygens (including phenoxy) is 1. The Kier molecular flexibility index (Phi) is 4.62. The van der Waals surface area contributed by atoms with Crippen molar-refractivity contribution in [3.05, 3.63) is 24.0 Å². The van der Waals surface area contributed by atoms with Gasteiger partial charge in [0.1, 0.15) is 11.6 Å². The fourth-order valence-corrected chi connectivity index (χ4v) is 2.28. The Balaban J connectivity index is 2.41. The molecule has 0 aliphatic carbocycles. The van der Waals surface area contributed by atoms with Crippen molar-refractivity contribution in [3.63, 3.8) is 0 Å². The van der Waals surface area contributed by atoms with Gasteiger partial charge in [0.05, 0.1) is 29.6 Å². The standard InChI is InChI=1S/C16H21N3O/c1-4-5-10-19-15-7-6-13(20-12(2)3)11-14(15)18-16(19)8-9-17/h6-7,11-12H,4-5,8,10H2,1-3H3. The zero-order valence-electron chi connectivity index (χ0n) is 12.4. The van der Waals surface area contributed by atoms with E-state index in [1.54, 1.807) is 0 Å². The minimum absolute atomic E-state index is 0.146. The Labute approximate surface area is 120 Å². The number of hydrogen-bond acceptors (Lipinski definition) is 3. The third-order valence-corrected chi connectivity index (χ3v) is 3.14. The zero-order chi connectivity index (χ0) is 14.5. The predicted octanol–water partition coefficient (Wildman–Crippen LogP) is 3.69. The van der Waals surface area contributed by atoms with Gasteiger partial charge in [-0.3, -0.25) is 0 Å². The SMILES string of the molecule is CCCCn1c(CC#N)nc2cc(OC(C)C)ccc21. The summed E-state index contributed by atoms with van der Waals surface area (Å²) >= 11 is 0. The molecule has 0 radical (unpaired) electrons. The van der Waals surface area contributed by atoms with Crippen LogP contribution in [0.25, 0.3) is 11.0 Å². The maximum absolute atomic E-state index is 8.94. The lowest BCUT2D eigenvalue weighted by Crippen LogP contribution is -2.05. The van der Waals surface area contributed by atoms with Crippen LogP contribution in [0, 0.1) is 11.3 Å². The van der Waals surface area contributed by atoms with Gasteiger partial charge >= 0.3 is 0 Å². The number of fused-ring (bicyclic) bond motifs is 1. The molecule has 2 aromatic rings. The zero-order valence-corrected chi connectivity index (χ0v) is 12.4. The number of nitrogens with zero attached hydrogens (tertiary/aromatic N) is 3. The normalized spacial score (nSPS) is 10.9. The number of rotatable bonds is 6. The molecule has 0 saturated carbocycles. The number of hydrogen-bond donors (Lipinski definition) is 0. The molecule has 4 nitrogen and oxygen atoms in total. The highest BCUT2D eigenvalue weighted by Crippen LogP contribution is 2.23. The summed E-state index contributed by atoms with van der Waals surface area (Å²) in [5.74, 6) is 1.67. The molecule has 1 aromatic carbocycles. The molecule has 0 atom stereocenters. The van der Waals surface area contributed by atoms with Gasteiger partial charge < -0.3 is 9.30 Å². The van der Waals surface area contributed by atoms with Crippen LogP contribution >= 0.6 is 0 Å². The number of imidazole rings is 1. The van der Waals surface area contributed by atoms with E-state index >= 15 is 0 Å².